The van der Waals surface area contributed by atoms with Crippen molar-refractivity contribution in [2.45, 2.75) is 38.1 Å². The smallest absolute Gasteiger partial charge is 0.266 e. The lowest BCUT2D eigenvalue weighted by Crippen LogP contribution is -2.56. The van der Waals surface area contributed by atoms with Gasteiger partial charge in [-0.2, -0.15) is 5.26 Å². The number of fused-ring (bicyclic) bond motifs is 1. The standard InChI is InChI=1S/C24H33N5O2S/c1-26(2)10-6-11-29-20-8-4-3-7-18(20)22(19(17-25)23(29)30)27-12-14-28(15-13-27)24(31)21-9-5-16-32-21/h5,9,16,18,20H,3-4,6-8,10-15H2,1-2H3. The minimum Gasteiger partial charge on any atom is -0.370 e. The van der Waals surface area contributed by atoms with E-state index in [-0.39, 0.29) is 23.8 Å². The van der Waals surface area contributed by atoms with Crippen LogP contribution in [0.5, 0.6) is 0 Å². The van der Waals surface area contributed by atoms with E-state index >= 15 is 0 Å². The molecule has 1 aromatic rings. The molecule has 3 aliphatic rings. The van der Waals surface area contributed by atoms with Crippen LogP contribution in [0.2, 0.25) is 0 Å². The van der Waals surface area contributed by atoms with Gasteiger partial charge in [-0.1, -0.05) is 18.9 Å². The molecule has 0 aromatic carbocycles. The van der Waals surface area contributed by atoms with Crippen molar-refractivity contribution in [3.63, 3.8) is 0 Å². The maximum absolute atomic E-state index is 13.4. The number of amides is 2. The molecule has 2 atom stereocenters. The first kappa shape index (κ1) is 22.8. The molecule has 32 heavy (non-hydrogen) atoms. The van der Waals surface area contributed by atoms with Crippen molar-refractivity contribution in [1.29, 1.82) is 5.26 Å². The summed E-state index contributed by atoms with van der Waals surface area (Å²) in [5, 5.41) is 11.9. The third-order valence-electron chi connectivity index (χ3n) is 6.97. The highest BCUT2D eigenvalue weighted by Crippen LogP contribution is 2.41. The fourth-order valence-electron chi connectivity index (χ4n) is 5.42. The van der Waals surface area contributed by atoms with Gasteiger partial charge < -0.3 is 19.6 Å². The molecular weight excluding hydrogens is 422 g/mol. The van der Waals surface area contributed by atoms with Crippen molar-refractivity contribution in [3.8, 4) is 6.07 Å². The topological polar surface area (TPSA) is 70.9 Å². The quantitative estimate of drug-likeness (QED) is 0.660. The molecule has 3 heterocycles. The number of carbonyl (C=O) groups excluding carboxylic acids is 2. The first-order valence-corrected chi connectivity index (χ1v) is 12.6. The summed E-state index contributed by atoms with van der Waals surface area (Å²) in [5.74, 6) is 0.216. The van der Waals surface area contributed by atoms with Crippen molar-refractivity contribution in [1.82, 2.24) is 19.6 Å². The highest BCUT2D eigenvalue weighted by molar-refractivity contribution is 7.12. The van der Waals surface area contributed by atoms with Crippen molar-refractivity contribution in [2.75, 3.05) is 53.4 Å². The summed E-state index contributed by atoms with van der Waals surface area (Å²) < 4.78 is 0. The fraction of sp³-hybridized carbons (Fsp3) is 0.625. The summed E-state index contributed by atoms with van der Waals surface area (Å²) in [4.78, 5) is 35.2. The average Bonchev–Trinajstić information content (AvgIpc) is 3.34. The van der Waals surface area contributed by atoms with E-state index < -0.39 is 0 Å². The monoisotopic (exact) mass is 455 g/mol. The van der Waals surface area contributed by atoms with Crippen LogP contribution in [0.3, 0.4) is 0 Å². The molecule has 0 radical (unpaired) electrons. The molecule has 8 heteroatoms. The summed E-state index contributed by atoms with van der Waals surface area (Å²) in [6.45, 7) is 4.23. The van der Waals surface area contributed by atoms with E-state index in [0.29, 0.717) is 38.3 Å². The van der Waals surface area contributed by atoms with Crippen molar-refractivity contribution >= 4 is 23.2 Å². The minimum atomic E-state index is -0.0958. The predicted molar refractivity (Wildman–Crippen MR) is 125 cm³/mol. The van der Waals surface area contributed by atoms with E-state index in [1.54, 1.807) is 0 Å². The first-order chi connectivity index (χ1) is 15.5. The summed E-state index contributed by atoms with van der Waals surface area (Å²) in [6.07, 6.45) is 5.23. The zero-order chi connectivity index (χ0) is 22.7. The maximum Gasteiger partial charge on any atom is 0.266 e. The van der Waals surface area contributed by atoms with Gasteiger partial charge in [0, 0.05) is 50.4 Å². The summed E-state index contributed by atoms with van der Waals surface area (Å²) in [5.41, 5.74) is 1.28. The minimum absolute atomic E-state index is 0.0801. The summed E-state index contributed by atoms with van der Waals surface area (Å²) >= 11 is 1.47. The van der Waals surface area contributed by atoms with Gasteiger partial charge in [0.2, 0.25) is 0 Å². The molecule has 172 valence electrons. The Morgan fingerprint density at radius 1 is 1.22 bits per heavy atom. The van der Waals surface area contributed by atoms with E-state index in [4.69, 9.17) is 0 Å². The lowest BCUT2D eigenvalue weighted by molar-refractivity contribution is -0.132. The molecule has 1 saturated heterocycles. The van der Waals surface area contributed by atoms with Gasteiger partial charge in [-0.25, -0.2) is 0 Å². The molecule has 0 spiro atoms. The SMILES string of the molecule is CN(C)CCCN1C(=O)C(C#N)=C(N2CCN(C(=O)c3cccs3)CC2)C2CCCCC21. The Balaban J connectivity index is 1.52. The lowest BCUT2D eigenvalue weighted by atomic mass is 9.76. The van der Waals surface area contributed by atoms with E-state index in [1.807, 2.05) is 41.4 Å². The zero-order valence-corrected chi connectivity index (χ0v) is 19.9. The van der Waals surface area contributed by atoms with Crippen molar-refractivity contribution in [2.24, 2.45) is 5.92 Å². The molecule has 2 amide bonds. The van der Waals surface area contributed by atoms with Crippen LogP contribution in [0.4, 0.5) is 0 Å². The van der Waals surface area contributed by atoms with Crippen LogP contribution >= 0.6 is 11.3 Å². The Kier molecular flexibility index (Phi) is 7.17. The second-order valence-electron chi connectivity index (χ2n) is 9.24. The fourth-order valence-corrected chi connectivity index (χ4v) is 6.11. The van der Waals surface area contributed by atoms with Crippen LogP contribution in [0, 0.1) is 17.2 Å². The van der Waals surface area contributed by atoms with Gasteiger partial charge in [-0.15, -0.1) is 11.3 Å². The molecule has 4 rings (SSSR count). The number of piperazine rings is 1. The van der Waals surface area contributed by atoms with Crippen LogP contribution < -0.4 is 0 Å². The van der Waals surface area contributed by atoms with E-state index in [9.17, 15) is 14.9 Å². The second kappa shape index (κ2) is 10.1. The molecule has 7 nitrogen and oxygen atoms in total. The van der Waals surface area contributed by atoms with Crippen molar-refractivity contribution < 1.29 is 9.59 Å². The predicted octanol–water partition coefficient (Wildman–Crippen LogP) is 2.64. The van der Waals surface area contributed by atoms with Gasteiger partial charge in [-0.3, -0.25) is 9.59 Å². The summed E-state index contributed by atoms with van der Waals surface area (Å²) in [7, 11) is 4.09. The lowest BCUT2D eigenvalue weighted by Gasteiger charge is -2.49. The van der Waals surface area contributed by atoms with Crippen LogP contribution in [0.25, 0.3) is 0 Å². The van der Waals surface area contributed by atoms with Crippen LogP contribution in [-0.2, 0) is 4.79 Å². The molecule has 2 aliphatic heterocycles. The Hall–Kier alpha value is -2.37. The van der Waals surface area contributed by atoms with Gasteiger partial charge in [-0.05, 0) is 51.3 Å². The molecule has 2 unspecified atom stereocenters. The number of rotatable bonds is 6. The molecule has 1 aliphatic carbocycles. The van der Waals surface area contributed by atoms with Crippen molar-refractivity contribution in [3.05, 3.63) is 33.7 Å². The highest BCUT2D eigenvalue weighted by Gasteiger charge is 2.44. The van der Waals surface area contributed by atoms with E-state index in [2.05, 4.69) is 15.9 Å². The summed E-state index contributed by atoms with van der Waals surface area (Å²) in [6, 6.07) is 6.24. The highest BCUT2D eigenvalue weighted by atomic mass is 32.1. The third kappa shape index (κ3) is 4.55. The van der Waals surface area contributed by atoms with Gasteiger partial charge in [0.1, 0.15) is 11.6 Å². The molecule has 1 saturated carbocycles. The number of thiophene rings is 1. The molecule has 1 aromatic heterocycles. The average molecular weight is 456 g/mol. The molecule has 2 fully saturated rings. The second-order valence-corrected chi connectivity index (χ2v) is 10.2. The number of hydrogen-bond donors (Lipinski definition) is 0. The zero-order valence-electron chi connectivity index (χ0n) is 19.1. The Morgan fingerprint density at radius 3 is 2.62 bits per heavy atom. The number of nitrogens with zero attached hydrogens (tertiary/aromatic N) is 5. The van der Waals surface area contributed by atoms with Crippen LogP contribution in [0.15, 0.2) is 28.8 Å². The van der Waals surface area contributed by atoms with Crippen LogP contribution in [-0.4, -0.2) is 90.8 Å². The van der Waals surface area contributed by atoms with Gasteiger partial charge in [0.15, 0.2) is 0 Å². The largest absolute Gasteiger partial charge is 0.370 e. The molecular formula is C24H33N5O2S. The van der Waals surface area contributed by atoms with E-state index in [0.717, 1.165) is 49.2 Å². The Morgan fingerprint density at radius 2 is 1.97 bits per heavy atom. The number of hydrogen-bond acceptors (Lipinski definition) is 6. The maximum atomic E-state index is 13.4. The number of carbonyl (C=O) groups is 2. The third-order valence-corrected chi connectivity index (χ3v) is 7.83. The molecule has 0 N–H and O–H groups in total. The molecule has 0 bridgehead atoms. The van der Waals surface area contributed by atoms with Gasteiger partial charge >= 0.3 is 0 Å². The Labute approximate surface area is 194 Å². The normalized spacial score (nSPS) is 24.1. The number of nitriles is 1. The van der Waals surface area contributed by atoms with Gasteiger partial charge in [0.25, 0.3) is 11.8 Å². The Bertz CT molecular complexity index is 896. The van der Waals surface area contributed by atoms with Gasteiger partial charge in [0.05, 0.1) is 4.88 Å². The van der Waals surface area contributed by atoms with E-state index in [1.165, 1.54) is 11.3 Å². The van der Waals surface area contributed by atoms with Crippen LogP contribution in [0.1, 0.15) is 41.8 Å². The first-order valence-electron chi connectivity index (χ1n) is 11.7.